The molecule has 0 saturated carbocycles. The predicted molar refractivity (Wildman–Crippen MR) is 58.2 cm³/mol. The third-order valence-corrected chi connectivity index (χ3v) is 1.42. The summed E-state index contributed by atoms with van der Waals surface area (Å²) < 4.78 is 4.97. The Labute approximate surface area is 94.3 Å². The van der Waals surface area contributed by atoms with Gasteiger partial charge in [0.2, 0.25) is 0 Å². The molecule has 0 aromatic carbocycles. The average Bonchev–Trinajstić information content (AvgIpc) is 2.08. The fourth-order valence-corrected chi connectivity index (χ4v) is 0.819. The Hall–Kier alpha value is -1.50. The van der Waals surface area contributed by atoms with E-state index in [0.29, 0.717) is 0 Å². The summed E-state index contributed by atoms with van der Waals surface area (Å²) in [6.45, 7) is 5.47. The lowest BCUT2D eigenvalue weighted by Gasteiger charge is -2.20. The van der Waals surface area contributed by atoms with Crippen molar-refractivity contribution in [3.63, 3.8) is 0 Å². The maximum atomic E-state index is 11.2. The number of hydrogen-bond donors (Lipinski definition) is 4. The fourth-order valence-electron chi connectivity index (χ4n) is 0.819. The minimum absolute atomic E-state index is 0.0745. The first-order chi connectivity index (χ1) is 7.20. The molecule has 5 N–H and O–H groups in total. The highest BCUT2D eigenvalue weighted by molar-refractivity contribution is 5.67. The zero-order valence-corrected chi connectivity index (χ0v) is 9.74. The van der Waals surface area contributed by atoms with Gasteiger partial charge in [0.25, 0.3) is 0 Å². The van der Waals surface area contributed by atoms with Crippen LogP contribution in [0.5, 0.6) is 0 Å². The van der Waals surface area contributed by atoms with Crippen molar-refractivity contribution in [1.82, 2.24) is 10.6 Å². The van der Waals surface area contributed by atoms with Crippen LogP contribution in [-0.2, 0) is 4.74 Å². The van der Waals surface area contributed by atoms with Gasteiger partial charge in [-0.15, -0.1) is 0 Å². The van der Waals surface area contributed by atoms with E-state index in [-0.39, 0.29) is 13.1 Å². The van der Waals surface area contributed by atoms with E-state index in [2.05, 4.69) is 10.6 Å². The van der Waals surface area contributed by atoms with Crippen molar-refractivity contribution >= 4 is 12.2 Å². The molecule has 0 heterocycles. The van der Waals surface area contributed by atoms with Gasteiger partial charge in [0.05, 0.1) is 0 Å². The number of rotatable bonds is 4. The molecule has 94 valence electrons. The molecule has 7 nitrogen and oxygen atoms in total. The highest BCUT2D eigenvalue weighted by Gasteiger charge is 2.16. The highest BCUT2D eigenvalue weighted by Crippen LogP contribution is 2.06. The Balaban J connectivity index is 3.71. The second kappa shape index (κ2) is 6.16. The number of carbonyl (C=O) groups is 2. The standard InChI is InChI=1S/C9H19N3O4/c1-9(2,3)16-8(15)12-5-6(10)4-11-7(13)14/h6,11H,4-5,10H2,1-3H3,(H,12,15)(H,13,14). The van der Waals surface area contributed by atoms with E-state index in [4.69, 9.17) is 15.6 Å². The predicted octanol–water partition coefficient (Wildman–Crippen LogP) is 0.106. The van der Waals surface area contributed by atoms with Crippen molar-refractivity contribution in [3.8, 4) is 0 Å². The van der Waals surface area contributed by atoms with Gasteiger partial charge in [-0.05, 0) is 20.8 Å². The Morgan fingerprint density at radius 1 is 1.31 bits per heavy atom. The molecule has 0 aliphatic rings. The summed E-state index contributed by atoms with van der Waals surface area (Å²) in [7, 11) is 0. The highest BCUT2D eigenvalue weighted by atomic mass is 16.6. The van der Waals surface area contributed by atoms with Gasteiger partial charge >= 0.3 is 12.2 Å². The zero-order chi connectivity index (χ0) is 12.8. The number of hydrogen-bond acceptors (Lipinski definition) is 4. The van der Waals surface area contributed by atoms with Gasteiger partial charge in [0.15, 0.2) is 0 Å². The number of nitrogens with one attached hydrogen (secondary N) is 2. The van der Waals surface area contributed by atoms with Crippen molar-refractivity contribution in [1.29, 1.82) is 0 Å². The molecule has 0 aliphatic carbocycles. The van der Waals surface area contributed by atoms with Gasteiger partial charge in [-0.1, -0.05) is 0 Å². The van der Waals surface area contributed by atoms with Crippen molar-refractivity contribution in [2.24, 2.45) is 5.73 Å². The van der Waals surface area contributed by atoms with E-state index in [1.54, 1.807) is 20.8 Å². The van der Waals surface area contributed by atoms with E-state index in [0.717, 1.165) is 0 Å². The van der Waals surface area contributed by atoms with E-state index in [1.165, 1.54) is 0 Å². The second-order valence-electron chi connectivity index (χ2n) is 4.33. The molecule has 0 bridgehead atoms. The number of nitrogens with two attached hydrogens (primary N) is 1. The first kappa shape index (κ1) is 14.5. The summed E-state index contributed by atoms with van der Waals surface area (Å²) in [4.78, 5) is 21.3. The van der Waals surface area contributed by atoms with Gasteiger partial charge in [-0.3, -0.25) is 0 Å². The number of ether oxygens (including phenoxy) is 1. The summed E-state index contributed by atoms with van der Waals surface area (Å²) >= 11 is 0. The SMILES string of the molecule is CC(C)(C)OC(=O)NCC(N)CNC(=O)O. The molecule has 1 unspecified atom stereocenters. The first-order valence-electron chi connectivity index (χ1n) is 4.90. The van der Waals surface area contributed by atoms with Crippen LogP contribution < -0.4 is 16.4 Å². The summed E-state index contributed by atoms with van der Waals surface area (Å²) in [6.07, 6.45) is -1.72. The van der Waals surface area contributed by atoms with Crippen LogP contribution >= 0.6 is 0 Å². The van der Waals surface area contributed by atoms with E-state index in [9.17, 15) is 9.59 Å². The molecule has 1 atom stereocenters. The molecule has 0 saturated heterocycles. The number of carboxylic acid groups (broad SMARTS) is 1. The van der Waals surface area contributed by atoms with Crippen LogP contribution in [0.3, 0.4) is 0 Å². The molecule has 0 radical (unpaired) electrons. The molecule has 7 heteroatoms. The van der Waals surface area contributed by atoms with Crippen LogP contribution in [0.15, 0.2) is 0 Å². The summed E-state index contributed by atoms with van der Waals surface area (Å²) in [5.74, 6) is 0. The Morgan fingerprint density at radius 2 is 1.81 bits per heavy atom. The van der Waals surface area contributed by atoms with Crippen LogP contribution in [0.25, 0.3) is 0 Å². The zero-order valence-electron chi connectivity index (χ0n) is 9.74. The molecular formula is C9H19N3O4. The number of alkyl carbamates (subject to hydrolysis) is 1. The molecule has 0 aliphatic heterocycles. The van der Waals surface area contributed by atoms with Crippen LogP contribution in [0, 0.1) is 0 Å². The first-order valence-corrected chi connectivity index (χ1v) is 4.90. The summed E-state index contributed by atoms with van der Waals surface area (Å²) in [5, 5.41) is 12.9. The maximum absolute atomic E-state index is 11.2. The number of amides is 2. The number of carbonyl (C=O) groups excluding carboxylic acids is 1. The lowest BCUT2D eigenvalue weighted by Crippen LogP contribution is -2.45. The molecule has 2 amide bonds. The van der Waals surface area contributed by atoms with Gasteiger partial charge in [-0.2, -0.15) is 0 Å². The van der Waals surface area contributed by atoms with Crippen molar-refractivity contribution in [2.75, 3.05) is 13.1 Å². The Kier molecular flexibility index (Phi) is 5.59. The molecule has 0 aromatic heterocycles. The summed E-state index contributed by atoms with van der Waals surface area (Å²) in [6, 6.07) is -0.483. The quantitative estimate of drug-likeness (QED) is 0.550. The molecule has 16 heavy (non-hydrogen) atoms. The third-order valence-electron chi connectivity index (χ3n) is 1.42. The average molecular weight is 233 g/mol. The minimum Gasteiger partial charge on any atom is -0.465 e. The normalized spacial score (nSPS) is 12.8. The van der Waals surface area contributed by atoms with Gasteiger partial charge < -0.3 is 26.2 Å². The molecule has 0 aromatic rings. The minimum atomic E-state index is -1.15. The molecular weight excluding hydrogens is 214 g/mol. The topological polar surface area (TPSA) is 114 Å². The van der Waals surface area contributed by atoms with Crippen LogP contribution in [0.1, 0.15) is 20.8 Å². The van der Waals surface area contributed by atoms with Crippen LogP contribution in [-0.4, -0.2) is 42.0 Å². The second-order valence-corrected chi connectivity index (χ2v) is 4.33. The van der Waals surface area contributed by atoms with Crippen molar-refractivity contribution < 1.29 is 19.4 Å². The van der Waals surface area contributed by atoms with Crippen molar-refractivity contribution in [3.05, 3.63) is 0 Å². The monoisotopic (exact) mass is 233 g/mol. The van der Waals surface area contributed by atoms with Crippen molar-refractivity contribution in [2.45, 2.75) is 32.4 Å². The van der Waals surface area contributed by atoms with Gasteiger partial charge in [-0.25, -0.2) is 9.59 Å². The molecule has 0 spiro atoms. The van der Waals surface area contributed by atoms with E-state index < -0.39 is 23.8 Å². The van der Waals surface area contributed by atoms with E-state index in [1.807, 2.05) is 0 Å². The third kappa shape index (κ3) is 9.07. The maximum Gasteiger partial charge on any atom is 0.407 e. The Morgan fingerprint density at radius 3 is 2.25 bits per heavy atom. The summed E-state index contributed by atoms with van der Waals surface area (Å²) in [5.41, 5.74) is 4.98. The van der Waals surface area contributed by atoms with Crippen LogP contribution in [0.2, 0.25) is 0 Å². The Bertz CT molecular complexity index is 250. The van der Waals surface area contributed by atoms with E-state index >= 15 is 0 Å². The fraction of sp³-hybridized carbons (Fsp3) is 0.778. The van der Waals surface area contributed by atoms with Crippen LogP contribution in [0.4, 0.5) is 9.59 Å². The lowest BCUT2D eigenvalue weighted by molar-refractivity contribution is 0.0525. The lowest BCUT2D eigenvalue weighted by atomic mass is 10.2. The largest absolute Gasteiger partial charge is 0.465 e. The smallest absolute Gasteiger partial charge is 0.407 e. The van der Waals surface area contributed by atoms with Gasteiger partial charge in [0, 0.05) is 19.1 Å². The molecule has 0 fully saturated rings. The van der Waals surface area contributed by atoms with Gasteiger partial charge in [0.1, 0.15) is 5.60 Å². The molecule has 0 rings (SSSR count).